The molecule has 1 atom stereocenters. The first-order valence-electron chi connectivity index (χ1n) is 5.93. The fraction of sp³-hybridized carbons (Fsp3) is 0.333. The Morgan fingerprint density at radius 1 is 1.32 bits per heavy atom. The lowest BCUT2D eigenvalue weighted by molar-refractivity contribution is 0.0397. The summed E-state index contributed by atoms with van der Waals surface area (Å²) in [7, 11) is 0. The molecular weight excluding hydrogens is 284 g/mol. The lowest BCUT2D eigenvalue weighted by Gasteiger charge is -2.32. The van der Waals surface area contributed by atoms with Gasteiger partial charge in [0.25, 0.3) is 0 Å². The maximum Gasteiger partial charge on any atom is 0.210 e. The van der Waals surface area contributed by atoms with Crippen LogP contribution in [0.1, 0.15) is 11.7 Å². The third kappa shape index (κ3) is 2.80. The number of hydrogen-bond donors (Lipinski definition) is 1. The number of halogens is 1. The lowest BCUT2D eigenvalue weighted by atomic mass is 10.1. The monoisotopic (exact) mass is 296 g/mol. The van der Waals surface area contributed by atoms with Crippen molar-refractivity contribution in [3.63, 3.8) is 0 Å². The van der Waals surface area contributed by atoms with Crippen LogP contribution in [0.3, 0.4) is 0 Å². The van der Waals surface area contributed by atoms with E-state index in [0.717, 1.165) is 28.8 Å². The van der Waals surface area contributed by atoms with Crippen molar-refractivity contribution in [1.29, 1.82) is 0 Å². The van der Waals surface area contributed by atoms with E-state index in [2.05, 4.69) is 15.1 Å². The fourth-order valence-electron chi connectivity index (χ4n) is 2.06. The van der Waals surface area contributed by atoms with Crippen LogP contribution >= 0.6 is 22.9 Å². The Labute approximate surface area is 120 Å². The number of nitrogens with two attached hydrogens (primary N) is 1. The summed E-state index contributed by atoms with van der Waals surface area (Å²) >= 11 is 7.29. The molecule has 0 spiro atoms. The first-order valence-corrected chi connectivity index (χ1v) is 7.13. The number of morpholine rings is 1. The van der Waals surface area contributed by atoms with Gasteiger partial charge in [-0.15, -0.1) is 10.2 Å². The maximum atomic E-state index is 5.90. The van der Waals surface area contributed by atoms with Crippen LogP contribution in [0.2, 0.25) is 5.02 Å². The number of rotatable bonds is 2. The van der Waals surface area contributed by atoms with Crippen LogP contribution in [-0.2, 0) is 4.74 Å². The molecule has 2 heterocycles. The molecular formula is C12H13ClN4OS. The summed E-state index contributed by atoms with van der Waals surface area (Å²) in [6, 6.07) is 7.74. The van der Waals surface area contributed by atoms with Gasteiger partial charge in [-0.3, -0.25) is 0 Å². The van der Waals surface area contributed by atoms with Crippen LogP contribution in [0.15, 0.2) is 24.3 Å². The zero-order chi connectivity index (χ0) is 13.2. The molecule has 2 N–H and O–H groups in total. The van der Waals surface area contributed by atoms with Crippen LogP contribution in [0.4, 0.5) is 10.3 Å². The van der Waals surface area contributed by atoms with Crippen molar-refractivity contribution in [3.8, 4) is 0 Å². The lowest BCUT2D eigenvalue weighted by Crippen LogP contribution is -2.38. The van der Waals surface area contributed by atoms with E-state index in [1.54, 1.807) is 0 Å². The molecule has 7 heteroatoms. The predicted octanol–water partition coefficient (Wildman–Crippen LogP) is 2.35. The summed E-state index contributed by atoms with van der Waals surface area (Å²) in [5.41, 5.74) is 6.74. The first kappa shape index (κ1) is 12.7. The Morgan fingerprint density at radius 3 is 2.79 bits per heavy atom. The molecule has 3 rings (SSSR count). The average molecular weight is 297 g/mol. The Morgan fingerprint density at radius 2 is 2.11 bits per heavy atom. The zero-order valence-corrected chi connectivity index (χ0v) is 11.7. The highest BCUT2D eigenvalue weighted by molar-refractivity contribution is 7.18. The average Bonchev–Trinajstić information content (AvgIpc) is 2.86. The smallest absolute Gasteiger partial charge is 0.210 e. The van der Waals surface area contributed by atoms with E-state index in [1.165, 1.54) is 11.3 Å². The summed E-state index contributed by atoms with van der Waals surface area (Å²) in [6.45, 7) is 2.21. The standard InChI is InChI=1S/C12H13ClN4OS/c13-9-3-1-8(2-4-9)10-7-17(5-6-18-10)12-16-15-11(14)19-12/h1-4,10H,5-7H2,(H2,14,15). The summed E-state index contributed by atoms with van der Waals surface area (Å²) in [4.78, 5) is 2.15. The number of benzene rings is 1. The summed E-state index contributed by atoms with van der Waals surface area (Å²) in [6.07, 6.45) is 0.0242. The third-order valence-corrected chi connectivity index (χ3v) is 4.07. The summed E-state index contributed by atoms with van der Waals surface area (Å²) < 4.78 is 5.80. The second-order valence-corrected chi connectivity index (χ2v) is 5.70. The van der Waals surface area contributed by atoms with Gasteiger partial charge >= 0.3 is 0 Å². The number of aromatic nitrogens is 2. The van der Waals surface area contributed by atoms with Gasteiger partial charge < -0.3 is 15.4 Å². The van der Waals surface area contributed by atoms with Gasteiger partial charge in [0, 0.05) is 11.6 Å². The Kier molecular flexibility index (Phi) is 3.54. The van der Waals surface area contributed by atoms with Gasteiger partial charge in [0.1, 0.15) is 6.10 Å². The third-order valence-electron chi connectivity index (χ3n) is 3.01. The molecule has 1 aromatic carbocycles. The van der Waals surface area contributed by atoms with Crippen LogP contribution in [0.5, 0.6) is 0 Å². The Bertz CT molecular complexity index is 559. The molecule has 0 bridgehead atoms. The van der Waals surface area contributed by atoms with E-state index in [-0.39, 0.29) is 6.10 Å². The molecule has 1 aromatic heterocycles. The van der Waals surface area contributed by atoms with Gasteiger partial charge in [0.05, 0.1) is 13.2 Å². The number of nitrogens with zero attached hydrogens (tertiary/aromatic N) is 3. The number of hydrogen-bond acceptors (Lipinski definition) is 6. The van der Waals surface area contributed by atoms with Gasteiger partial charge in [-0.25, -0.2) is 0 Å². The van der Waals surface area contributed by atoms with Crippen molar-refractivity contribution in [2.24, 2.45) is 0 Å². The molecule has 1 fully saturated rings. The van der Waals surface area contributed by atoms with E-state index in [0.29, 0.717) is 11.7 Å². The van der Waals surface area contributed by atoms with Crippen LogP contribution in [0.25, 0.3) is 0 Å². The molecule has 19 heavy (non-hydrogen) atoms. The maximum absolute atomic E-state index is 5.90. The van der Waals surface area contributed by atoms with Gasteiger partial charge in [0.15, 0.2) is 0 Å². The van der Waals surface area contributed by atoms with E-state index < -0.39 is 0 Å². The minimum Gasteiger partial charge on any atom is -0.374 e. The van der Waals surface area contributed by atoms with Crippen LogP contribution in [-0.4, -0.2) is 29.9 Å². The summed E-state index contributed by atoms with van der Waals surface area (Å²) in [5.74, 6) is 0. The molecule has 1 aliphatic heterocycles. The van der Waals surface area contributed by atoms with Crippen molar-refractivity contribution in [1.82, 2.24) is 10.2 Å². The quantitative estimate of drug-likeness (QED) is 0.921. The topological polar surface area (TPSA) is 64.3 Å². The predicted molar refractivity (Wildman–Crippen MR) is 76.7 cm³/mol. The minimum absolute atomic E-state index is 0.0242. The molecule has 2 aromatic rings. The molecule has 0 saturated carbocycles. The van der Waals surface area contributed by atoms with E-state index in [9.17, 15) is 0 Å². The molecule has 1 unspecified atom stereocenters. The van der Waals surface area contributed by atoms with Gasteiger partial charge in [-0.2, -0.15) is 0 Å². The van der Waals surface area contributed by atoms with Crippen molar-refractivity contribution in [2.75, 3.05) is 30.3 Å². The molecule has 5 nitrogen and oxygen atoms in total. The summed E-state index contributed by atoms with van der Waals surface area (Å²) in [5, 5.41) is 9.99. The van der Waals surface area contributed by atoms with Crippen molar-refractivity contribution in [2.45, 2.75) is 6.10 Å². The number of nitrogen functional groups attached to an aromatic ring is 1. The normalized spacial score (nSPS) is 19.6. The van der Waals surface area contributed by atoms with E-state index in [4.69, 9.17) is 22.1 Å². The van der Waals surface area contributed by atoms with Crippen molar-refractivity contribution < 1.29 is 4.74 Å². The largest absolute Gasteiger partial charge is 0.374 e. The second kappa shape index (κ2) is 5.32. The van der Waals surface area contributed by atoms with E-state index >= 15 is 0 Å². The van der Waals surface area contributed by atoms with Crippen LogP contribution in [0, 0.1) is 0 Å². The highest BCUT2D eigenvalue weighted by Gasteiger charge is 2.24. The van der Waals surface area contributed by atoms with Gasteiger partial charge in [-0.05, 0) is 17.7 Å². The SMILES string of the molecule is Nc1nnc(N2CCOC(c3ccc(Cl)cc3)C2)s1. The van der Waals surface area contributed by atoms with Gasteiger partial charge in [-0.1, -0.05) is 35.1 Å². The molecule has 100 valence electrons. The minimum atomic E-state index is 0.0242. The number of anilines is 2. The number of ether oxygens (including phenoxy) is 1. The molecule has 0 aliphatic carbocycles. The van der Waals surface area contributed by atoms with E-state index in [1.807, 2.05) is 24.3 Å². The highest BCUT2D eigenvalue weighted by Crippen LogP contribution is 2.29. The van der Waals surface area contributed by atoms with Crippen molar-refractivity contribution in [3.05, 3.63) is 34.9 Å². The first-order chi connectivity index (χ1) is 9.22. The Hall–Kier alpha value is -1.37. The Balaban J connectivity index is 1.76. The van der Waals surface area contributed by atoms with Gasteiger partial charge in [0.2, 0.25) is 10.3 Å². The molecule has 1 aliphatic rings. The zero-order valence-electron chi connectivity index (χ0n) is 10.1. The van der Waals surface area contributed by atoms with Crippen molar-refractivity contribution >= 4 is 33.2 Å². The second-order valence-electron chi connectivity index (χ2n) is 4.28. The fourth-order valence-corrected chi connectivity index (χ4v) is 2.83. The molecule has 1 saturated heterocycles. The van der Waals surface area contributed by atoms with Crippen LogP contribution < -0.4 is 10.6 Å². The molecule has 0 amide bonds. The highest BCUT2D eigenvalue weighted by atomic mass is 35.5. The molecule has 0 radical (unpaired) electrons.